The third kappa shape index (κ3) is 1.81. The number of carboxylic acid groups (broad SMARTS) is 1. The van der Waals surface area contributed by atoms with Crippen molar-refractivity contribution in [1.82, 2.24) is 5.32 Å². The van der Waals surface area contributed by atoms with E-state index >= 15 is 0 Å². The molecule has 1 saturated heterocycles. The summed E-state index contributed by atoms with van der Waals surface area (Å²) in [5.41, 5.74) is 0.235. The number of rotatable bonds is 2. The first-order valence-electron chi connectivity index (χ1n) is 4.70. The van der Waals surface area contributed by atoms with Gasteiger partial charge < -0.3 is 10.4 Å². The zero-order chi connectivity index (χ0) is 8.60. The third-order valence-corrected chi connectivity index (χ3v) is 3.42. The molecule has 2 fully saturated rings. The van der Waals surface area contributed by atoms with Gasteiger partial charge in [-0.15, -0.1) is 12.4 Å². The Bertz CT molecular complexity index is 204. The molecule has 1 unspecified atom stereocenters. The second kappa shape index (κ2) is 3.84. The van der Waals surface area contributed by atoms with Gasteiger partial charge in [0, 0.05) is 12.0 Å². The molecule has 0 aromatic heterocycles. The molecule has 3 nitrogen and oxygen atoms in total. The smallest absolute Gasteiger partial charge is 0.303 e. The van der Waals surface area contributed by atoms with E-state index in [1.165, 1.54) is 19.3 Å². The molecule has 2 aliphatic rings. The minimum Gasteiger partial charge on any atom is -0.481 e. The highest BCUT2D eigenvalue weighted by atomic mass is 35.5. The number of carbonyl (C=O) groups is 1. The van der Waals surface area contributed by atoms with Crippen LogP contribution in [0.15, 0.2) is 0 Å². The highest BCUT2D eigenvalue weighted by Gasteiger charge is 2.47. The Morgan fingerprint density at radius 2 is 2.23 bits per heavy atom. The van der Waals surface area contributed by atoms with E-state index in [0.29, 0.717) is 12.3 Å². The van der Waals surface area contributed by atoms with Crippen molar-refractivity contribution in [2.24, 2.45) is 5.92 Å². The fraction of sp³-hybridized carbons (Fsp3) is 0.889. The average Bonchev–Trinajstić information content (AvgIpc) is 2.28. The van der Waals surface area contributed by atoms with Crippen molar-refractivity contribution in [1.29, 1.82) is 0 Å². The molecule has 0 aromatic carbocycles. The highest BCUT2D eigenvalue weighted by Crippen LogP contribution is 2.44. The first kappa shape index (κ1) is 10.8. The molecule has 1 saturated carbocycles. The van der Waals surface area contributed by atoms with Gasteiger partial charge >= 0.3 is 5.97 Å². The predicted molar refractivity (Wildman–Crippen MR) is 52.2 cm³/mol. The Kier molecular flexibility index (Phi) is 3.19. The number of hydrogen-bond donors (Lipinski definition) is 2. The van der Waals surface area contributed by atoms with Crippen molar-refractivity contribution in [3.8, 4) is 0 Å². The lowest BCUT2D eigenvalue weighted by Crippen LogP contribution is -2.51. The van der Waals surface area contributed by atoms with Crippen LogP contribution in [0, 0.1) is 5.92 Å². The molecule has 0 radical (unpaired) electrons. The van der Waals surface area contributed by atoms with Crippen molar-refractivity contribution >= 4 is 18.4 Å². The van der Waals surface area contributed by atoms with Crippen molar-refractivity contribution < 1.29 is 9.90 Å². The largest absolute Gasteiger partial charge is 0.481 e. The van der Waals surface area contributed by atoms with E-state index in [1.54, 1.807) is 0 Å². The summed E-state index contributed by atoms with van der Waals surface area (Å²) in [6.45, 7) is 1.01. The van der Waals surface area contributed by atoms with Gasteiger partial charge in [0.05, 0.1) is 0 Å². The standard InChI is InChI=1S/C9H15NO2.ClH/c11-8(12)6-7-2-5-10-9(7)3-1-4-9;/h7,10H,1-6H2,(H,11,12);1H. The molecule has 1 aliphatic heterocycles. The van der Waals surface area contributed by atoms with E-state index in [9.17, 15) is 4.79 Å². The normalized spacial score (nSPS) is 29.4. The SMILES string of the molecule is Cl.O=C(O)CC1CCNC12CCC2. The molecule has 0 amide bonds. The molecule has 76 valence electrons. The first-order chi connectivity index (χ1) is 5.73. The maximum Gasteiger partial charge on any atom is 0.303 e. The summed E-state index contributed by atoms with van der Waals surface area (Å²) in [7, 11) is 0. The zero-order valence-electron chi connectivity index (χ0n) is 7.58. The van der Waals surface area contributed by atoms with E-state index in [4.69, 9.17) is 5.11 Å². The van der Waals surface area contributed by atoms with Crippen LogP contribution >= 0.6 is 12.4 Å². The zero-order valence-corrected chi connectivity index (χ0v) is 8.40. The summed E-state index contributed by atoms with van der Waals surface area (Å²) in [5.74, 6) is -0.251. The average molecular weight is 206 g/mol. The molecule has 0 aromatic rings. The second-order valence-corrected chi connectivity index (χ2v) is 4.02. The summed E-state index contributed by atoms with van der Waals surface area (Å²) in [5, 5.41) is 12.2. The van der Waals surface area contributed by atoms with Crippen LogP contribution < -0.4 is 5.32 Å². The van der Waals surface area contributed by atoms with Gasteiger partial charge in [-0.1, -0.05) is 0 Å². The van der Waals surface area contributed by atoms with E-state index in [2.05, 4.69) is 5.32 Å². The topological polar surface area (TPSA) is 49.3 Å². The maximum atomic E-state index is 10.6. The van der Waals surface area contributed by atoms with E-state index < -0.39 is 5.97 Å². The van der Waals surface area contributed by atoms with Crippen LogP contribution in [0.5, 0.6) is 0 Å². The van der Waals surface area contributed by atoms with Crippen LogP contribution in [-0.4, -0.2) is 23.2 Å². The van der Waals surface area contributed by atoms with E-state index in [0.717, 1.165) is 13.0 Å². The molecule has 1 spiro atoms. The van der Waals surface area contributed by atoms with Gasteiger partial charge in [-0.25, -0.2) is 0 Å². The number of nitrogens with one attached hydrogen (secondary N) is 1. The number of hydrogen-bond acceptors (Lipinski definition) is 2. The molecule has 1 atom stereocenters. The van der Waals surface area contributed by atoms with Crippen molar-refractivity contribution in [3.05, 3.63) is 0 Å². The quantitative estimate of drug-likeness (QED) is 0.717. The van der Waals surface area contributed by atoms with Crippen LogP contribution in [-0.2, 0) is 4.79 Å². The Labute approximate surface area is 84.3 Å². The molecule has 2 rings (SSSR count). The van der Waals surface area contributed by atoms with Gasteiger partial charge in [-0.05, 0) is 38.1 Å². The van der Waals surface area contributed by atoms with Gasteiger partial charge in [0.2, 0.25) is 0 Å². The summed E-state index contributed by atoms with van der Waals surface area (Å²) in [6.07, 6.45) is 5.04. The number of aliphatic carboxylic acids is 1. The molecule has 4 heteroatoms. The fourth-order valence-electron chi connectivity index (χ4n) is 2.57. The minimum atomic E-state index is -0.644. The fourth-order valence-corrected chi connectivity index (χ4v) is 2.57. The molecule has 0 bridgehead atoms. The summed E-state index contributed by atoms with van der Waals surface area (Å²) in [4.78, 5) is 10.6. The Hall–Kier alpha value is -0.280. The molecular weight excluding hydrogens is 190 g/mol. The van der Waals surface area contributed by atoms with Gasteiger partial charge in [-0.2, -0.15) is 0 Å². The van der Waals surface area contributed by atoms with Gasteiger partial charge in [0.25, 0.3) is 0 Å². The van der Waals surface area contributed by atoms with Crippen LogP contribution in [0.3, 0.4) is 0 Å². The Morgan fingerprint density at radius 1 is 1.54 bits per heavy atom. The number of halogens is 1. The molecule has 2 N–H and O–H groups in total. The summed E-state index contributed by atoms with van der Waals surface area (Å²) in [6, 6.07) is 0. The first-order valence-corrected chi connectivity index (χ1v) is 4.70. The second-order valence-electron chi connectivity index (χ2n) is 4.02. The third-order valence-electron chi connectivity index (χ3n) is 3.42. The monoisotopic (exact) mass is 205 g/mol. The van der Waals surface area contributed by atoms with Gasteiger partial charge in [0.1, 0.15) is 0 Å². The highest BCUT2D eigenvalue weighted by molar-refractivity contribution is 5.85. The maximum absolute atomic E-state index is 10.6. The minimum absolute atomic E-state index is 0. The number of carboxylic acids is 1. The van der Waals surface area contributed by atoms with E-state index in [1.807, 2.05) is 0 Å². The Morgan fingerprint density at radius 3 is 2.69 bits per heavy atom. The Balaban J connectivity index is 0.000000845. The predicted octanol–water partition coefficient (Wildman–Crippen LogP) is 1.42. The van der Waals surface area contributed by atoms with Crippen LogP contribution in [0.25, 0.3) is 0 Å². The summed E-state index contributed by atoms with van der Waals surface area (Å²) >= 11 is 0. The van der Waals surface area contributed by atoms with Gasteiger partial charge in [0.15, 0.2) is 0 Å². The lowest BCUT2D eigenvalue weighted by molar-refractivity contribution is -0.138. The van der Waals surface area contributed by atoms with Crippen molar-refractivity contribution in [3.63, 3.8) is 0 Å². The van der Waals surface area contributed by atoms with Crippen LogP contribution in [0.1, 0.15) is 32.1 Å². The molecular formula is C9H16ClNO2. The van der Waals surface area contributed by atoms with E-state index in [-0.39, 0.29) is 17.9 Å². The van der Waals surface area contributed by atoms with Gasteiger partial charge in [-0.3, -0.25) is 4.79 Å². The molecule has 1 heterocycles. The van der Waals surface area contributed by atoms with Crippen molar-refractivity contribution in [2.75, 3.05) is 6.54 Å². The molecule has 1 aliphatic carbocycles. The van der Waals surface area contributed by atoms with Crippen LogP contribution in [0.2, 0.25) is 0 Å². The summed E-state index contributed by atoms with van der Waals surface area (Å²) < 4.78 is 0. The lowest BCUT2D eigenvalue weighted by Gasteiger charge is -2.43. The van der Waals surface area contributed by atoms with Crippen LogP contribution in [0.4, 0.5) is 0 Å². The van der Waals surface area contributed by atoms with Crippen molar-refractivity contribution in [2.45, 2.75) is 37.6 Å². The molecule has 13 heavy (non-hydrogen) atoms. The lowest BCUT2D eigenvalue weighted by atomic mass is 9.68.